The zero-order valence-electron chi connectivity index (χ0n) is 62.2. The van der Waals surface area contributed by atoms with E-state index in [2.05, 4.69) is 419 Å². The van der Waals surface area contributed by atoms with E-state index < -0.39 is 5.41 Å². The van der Waals surface area contributed by atoms with Crippen LogP contribution >= 0.6 is 22.7 Å². The molecule has 0 bridgehead atoms. The van der Waals surface area contributed by atoms with Gasteiger partial charge in [-0.25, -0.2) is 0 Å². The van der Waals surface area contributed by atoms with Crippen LogP contribution in [0.2, 0.25) is 0 Å². The summed E-state index contributed by atoms with van der Waals surface area (Å²) in [4.78, 5) is 0. The van der Waals surface area contributed by atoms with Crippen LogP contribution in [0.4, 0.5) is 0 Å². The quantitative estimate of drug-likeness (QED) is 0.152. The molecule has 2 aliphatic rings. The largest absolute Gasteiger partial charge is 0.309 e. The normalized spacial score (nSPS) is 12.8. The zero-order chi connectivity index (χ0) is 75.1. The second-order valence-corrected chi connectivity index (χ2v) is 32.9. The van der Waals surface area contributed by atoms with Gasteiger partial charge in [0, 0.05) is 106 Å². The molecule has 26 rings (SSSR count). The van der Waals surface area contributed by atoms with Gasteiger partial charge in [0.25, 0.3) is 0 Å². The first kappa shape index (κ1) is 64.3. The Morgan fingerprint density at radius 3 is 0.878 bits per heavy atom. The van der Waals surface area contributed by atoms with Crippen LogP contribution in [-0.4, -0.2) is 18.3 Å². The third kappa shape index (κ3) is 9.17. The molecule has 0 radical (unpaired) electrons. The molecule has 0 aliphatic heterocycles. The third-order valence-corrected chi connectivity index (χ3v) is 27.5. The number of nitrogens with zero attached hydrogens (tertiary/aromatic N) is 4. The number of hydrogen-bond acceptors (Lipinski definition) is 2. The van der Waals surface area contributed by atoms with E-state index in [4.69, 9.17) is 0 Å². The van der Waals surface area contributed by atoms with E-state index in [1.165, 1.54) is 217 Å². The molecule has 534 valence electrons. The lowest BCUT2D eigenvalue weighted by Gasteiger charge is -2.30. The molecule has 0 fully saturated rings. The summed E-state index contributed by atoms with van der Waals surface area (Å²) in [6.07, 6.45) is 0. The van der Waals surface area contributed by atoms with Gasteiger partial charge in [0.1, 0.15) is 0 Å². The lowest BCUT2D eigenvalue weighted by atomic mass is 9.70. The molecule has 24 aromatic rings. The highest BCUT2D eigenvalue weighted by molar-refractivity contribution is 7.26. The Hall–Kier alpha value is -14.4. The Balaban J connectivity index is 0.000000133. The van der Waals surface area contributed by atoms with Crippen molar-refractivity contribution >= 4 is 150 Å². The minimum Gasteiger partial charge on any atom is -0.309 e. The van der Waals surface area contributed by atoms with Gasteiger partial charge < -0.3 is 18.3 Å². The van der Waals surface area contributed by atoms with Crippen molar-refractivity contribution in [1.82, 2.24) is 18.3 Å². The van der Waals surface area contributed by atoms with Gasteiger partial charge in [-0.1, -0.05) is 291 Å². The second-order valence-electron chi connectivity index (χ2n) is 30.8. The van der Waals surface area contributed by atoms with Gasteiger partial charge in [-0.05, 0) is 187 Å². The minimum atomic E-state index is -0.408. The Morgan fingerprint density at radius 1 is 0.174 bits per heavy atom. The average Bonchev–Trinajstić information content (AvgIpc) is 1.48. The highest BCUT2D eigenvalue weighted by atomic mass is 32.1. The fourth-order valence-corrected chi connectivity index (χ4v) is 22.8. The molecular weight excluding hydrogens is 1430 g/mol. The number of aromatic nitrogens is 4. The lowest BCUT2D eigenvalue weighted by Crippen LogP contribution is -2.26. The fourth-order valence-electron chi connectivity index (χ4n) is 20.3. The molecule has 0 amide bonds. The number of thiophene rings is 2. The van der Waals surface area contributed by atoms with E-state index in [1.807, 2.05) is 22.7 Å². The summed E-state index contributed by atoms with van der Waals surface area (Å²) in [7, 11) is 0. The van der Waals surface area contributed by atoms with Crippen molar-refractivity contribution in [2.75, 3.05) is 0 Å². The van der Waals surface area contributed by atoms with Crippen molar-refractivity contribution in [3.05, 3.63) is 423 Å². The molecule has 0 N–H and O–H groups in total. The van der Waals surface area contributed by atoms with Crippen molar-refractivity contribution in [3.8, 4) is 78.4 Å². The summed E-state index contributed by atoms with van der Waals surface area (Å²) in [5.74, 6) is 0. The van der Waals surface area contributed by atoms with E-state index in [9.17, 15) is 0 Å². The van der Waals surface area contributed by atoms with E-state index in [0.717, 1.165) is 11.4 Å². The summed E-state index contributed by atoms with van der Waals surface area (Å²) in [6.45, 7) is 0. The summed E-state index contributed by atoms with van der Waals surface area (Å²) >= 11 is 3.77. The zero-order valence-corrected chi connectivity index (χ0v) is 63.8. The first-order valence-corrected chi connectivity index (χ1v) is 41.3. The van der Waals surface area contributed by atoms with Crippen LogP contribution in [0.25, 0.3) is 206 Å². The highest BCUT2D eigenvalue weighted by Crippen LogP contribution is 2.63. The van der Waals surface area contributed by atoms with Gasteiger partial charge in [-0.2, -0.15) is 0 Å². The molecule has 6 heteroatoms. The maximum Gasteiger partial charge on any atom is 0.0726 e. The number of rotatable bonds is 7. The van der Waals surface area contributed by atoms with Crippen LogP contribution in [0.3, 0.4) is 0 Å². The molecule has 4 nitrogen and oxygen atoms in total. The average molecular weight is 1500 g/mol. The standard InChI is InChI=1S/C61H36N2S.C48H30N2S/c1-7-22-49-41(14-1)42-15-2-8-23-50(42)61(49)51-24-9-3-16-43(51)44-33-32-39(36-52(44)61)63-54-26-11-5-19-48(54)59-56(63)35-34-55-58(59)47-18-4-10-25-53(47)62(55)38-30-28-37(29-31-38)40-20-13-21-46-45-17-6-12-27-57(45)64-60(40)46;1-2-11-34(12-3-1)49-41-18-7-4-14-39(41)46-43(49)29-30-44-47(46)40-15-5-8-19-42(40)50(44)35-27-25-32(26-28-35)31-21-23-33(24-22-31)36-16-10-17-38-37-13-6-9-20-45(37)51-48(36)38/h1-36H;1-30H. The second kappa shape index (κ2) is 24.8. The molecular formula is C109H66N4S2. The third-order valence-electron chi connectivity index (χ3n) is 25.1. The van der Waals surface area contributed by atoms with Crippen LogP contribution in [0, 0.1) is 0 Å². The Morgan fingerprint density at radius 2 is 0.461 bits per heavy atom. The van der Waals surface area contributed by atoms with Crippen LogP contribution in [0.5, 0.6) is 0 Å². The van der Waals surface area contributed by atoms with Crippen LogP contribution in [0.15, 0.2) is 400 Å². The Bertz CT molecular complexity index is 8140. The molecule has 0 unspecified atom stereocenters. The molecule has 0 atom stereocenters. The molecule has 6 aromatic heterocycles. The van der Waals surface area contributed by atoms with Crippen molar-refractivity contribution in [3.63, 3.8) is 0 Å². The predicted molar refractivity (Wildman–Crippen MR) is 489 cm³/mol. The topological polar surface area (TPSA) is 19.7 Å². The van der Waals surface area contributed by atoms with E-state index in [-0.39, 0.29) is 0 Å². The van der Waals surface area contributed by atoms with E-state index in [0.29, 0.717) is 0 Å². The van der Waals surface area contributed by atoms with Gasteiger partial charge in [0.05, 0.1) is 49.5 Å². The monoisotopic (exact) mass is 1490 g/mol. The first-order chi connectivity index (χ1) is 57.1. The summed E-state index contributed by atoms with van der Waals surface area (Å²) in [5, 5.41) is 15.5. The van der Waals surface area contributed by atoms with Gasteiger partial charge in [0.2, 0.25) is 0 Å². The fraction of sp³-hybridized carbons (Fsp3) is 0.00917. The smallest absolute Gasteiger partial charge is 0.0726 e. The number of para-hydroxylation sites is 5. The highest BCUT2D eigenvalue weighted by Gasteiger charge is 2.51. The lowest BCUT2D eigenvalue weighted by molar-refractivity contribution is 0.792. The van der Waals surface area contributed by atoms with Crippen LogP contribution < -0.4 is 0 Å². The molecule has 0 saturated heterocycles. The Kier molecular flexibility index (Phi) is 13.9. The van der Waals surface area contributed by atoms with Gasteiger partial charge in [-0.3, -0.25) is 0 Å². The molecule has 0 saturated carbocycles. The maximum atomic E-state index is 2.52. The molecule has 6 heterocycles. The van der Waals surface area contributed by atoms with Crippen molar-refractivity contribution in [2.45, 2.75) is 5.41 Å². The van der Waals surface area contributed by atoms with E-state index in [1.54, 1.807) is 0 Å². The molecule has 18 aromatic carbocycles. The van der Waals surface area contributed by atoms with Crippen LogP contribution in [0.1, 0.15) is 22.3 Å². The van der Waals surface area contributed by atoms with E-state index >= 15 is 0 Å². The van der Waals surface area contributed by atoms with Crippen molar-refractivity contribution in [2.24, 2.45) is 0 Å². The van der Waals surface area contributed by atoms with Gasteiger partial charge in [0.15, 0.2) is 0 Å². The summed E-state index contributed by atoms with van der Waals surface area (Å²) in [5.41, 5.74) is 32.1. The van der Waals surface area contributed by atoms with Gasteiger partial charge in [-0.15, -0.1) is 22.7 Å². The summed E-state index contributed by atoms with van der Waals surface area (Å²) < 4.78 is 15.2. The predicted octanol–water partition coefficient (Wildman–Crippen LogP) is 29.8. The molecule has 1 spiro atoms. The van der Waals surface area contributed by atoms with Gasteiger partial charge >= 0.3 is 0 Å². The number of benzene rings is 18. The number of hydrogen-bond donors (Lipinski definition) is 0. The molecule has 115 heavy (non-hydrogen) atoms. The van der Waals surface area contributed by atoms with Crippen LogP contribution in [-0.2, 0) is 5.41 Å². The van der Waals surface area contributed by atoms with Crippen molar-refractivity contribution < 1.29 is 0 Å². The summed E-state index contributed by atoms with van der Waals surface area (Å²) in [6, 6.07) is 148. The SMILES string of the molecule is c1ccc(-n2c3ccccc3c3c4c5ccccc5n(-c5ccc(-c6ccc(-c7cccc8c7sc7ccccc78)cc6)cc5)c4ccc32)cc1.c1ccc2c(c1)-c1ccccc1C21c2ccccc2-c2ccc(-n3c4ccccc4c4c5c6ccccc6n(-c6ccc(-c7cccc8c7sc7ccccc78)cc6)c5ccc43)cc21. The molecule has 2 aliphatic carbocycles. The Labute approximate surface area is 670 Å². The minimum absolute atomic E-state index is 0.408. The van der Waals surface area contributed by atoms with Crippen molar-refractivity contribution in [1.29, 1.82) is 0 Å². The first-order valence-electron chi connectivity index (χ1n) is 39.6. The number of fused-ring (bicyclic) bond motifs is 30. The maximum absolute atomic E-state index is 2.52.